The summed E-state index contributed by atoms with van der Waals surface area (Å²) in [4.78, 5) is 48.4. The molecule has 2 heterocycles. The molecule has 2 saturated heterocycles. The number of rotatable bonds is 0. The molecule has 0 atom stereocenters. The smallest absolute Gasteiger partial charge is 0.234 e. The van der Waals surface area contributed by atoms with Gasteiger partial charge in [-0.3, -0.25) is 29.8 Å². The van der Waals surface area contributed by atoms with Crippen LogP contribution in [0.5, 0.6) is 0 Å². The number of amides is 4. The Morgan fingerprint density at radius 2 is 0.722 bits per heavy atom. The van der Waals surface area contributed by atoms with Gasteiger partial charge < -0.3 is 0 Å². The molecule has 1 saturated carbocycles. The van der Waals surface area contributed by atoms with Gasteiger partial charge in [-0.05, 0) is 27.7 Å². The molecule has 6 heteroatoms. The molecule has 0 spiro atoms. The Morgan fingerprint density at radius 1 is 0.556 bits per heavy atom. The molecule has 3 aliphatic rings. The van der Waals surface area contributed by atoms with Crippen LogP contribution in [0.25, 0.3) is 0 Å². The first kappa shape index (κ1) is 11.4. The van der Waals surface area contributed by atoms with E-state index in [0.29, 0.717) is 0 Å². The highest BCUT2D eigenvalue weighted by atomic mass is 16.2. The number of carbonyl (C=O) groups excluding carboxylic acids is 4. The van der Waals surface area contributed by atoms with E-state index >= 15 is 0 Å². The fourth-order valence-electron chi connectivity index (χ4n) is 4.46. The van der Waals surface area contributed by atoms with E-state index in [4.69, 9.17) is 0 Å². The third-order valence-corrected chi connectivity index (χ3v) is 6.27. The standard InChI is InChI=1S/C12H14N2O4/c1-9-5(15)13-6(16)10(9,2)12(4)8(18)14-7(17)11(9,12)3/h1-4H3,(H,13,15,16)(H,14,17,18). The summed E-state index contributed by atoms with van der Waals surface area (Å²) in [7, 11) is 0. The highest BCUT2D eigenvalue weighted by molar-refractivity contribution is 6.24. The molecular weight excluding hydrogens is 236 g/mol. The van der Waals surface area contributed by atoms with Gasteiger partial charge in [-0.25, -0.2) is 0 Å². The third kappa shape index (κ3) is 0.573. The van der Waals surface area contributed by atoms with E-state index in [1.165, 1.54) is 0 Å². The Morgan fingerprint density at radius 3 is 0.889 bits per heavy atom. The molecule has 96 valence electrons. The van der Waals surface area contributed by atoms with Gasteiger partial charge in [0.05, 0.1) is 21.7 Å². The van der Waals surface area contributed by atoms with Crippen molar-refractivity contribution in [2.75, 3.05) is 0 Å². The molecule has 0 aromatic carbocycles. The van der Waals surface area contributed by atoms with E-state index in [2.05, 4.69) is 10.6 Å². The molecule has 0 aromatic heterocycles. The average molecular weight is 250 g/mol. The monoisotopic (exact) mass is 250 g/mol. The Balaban J connectivity index is 2.38. The minimum atomic E-state index is -1.18. The lowest BCUT2D eigenvalue weighted by Crippen LogP contribution is -2.77. The van der Waals surface area contributed by atoms with Crippen LogP contribution in [-0.4, -0.2) is 23.6 Å². The third-order valence-electron chi connectivity index (χ3n) is 6.27. The van der Waals surface area contributed by atoms with E-state index in [1.54, 1.807) is 27.7 Å². The summed E-state index contributed by atoms with van der Waals surface area (Å²) in [5.41, 5.74) is -4.71. The topological polar surface area (TPSA) is 92.3 Å². The SMILES string of the molecule is CC12C(=O)NC(=O)C1(C)C1(C)C(=O)NC(=O)C21C. The van der Waals surface area contributed by atoms with Crippen molar-refractivity contribution in [3.8, 4) is 0 Å². The molecule has 3 rings (SSSR count). The fraction of sp³-hybridized carbons (Fsp3) is 0.667. The second-order valence-electron chi connectivity index (χ2n) is 6.07. The number of hydrogen-bond donors (Lipinski definition) is 2. The van der Waals surface area contributed by atoms with Gasteiger partial charge in [-0.15, -0.1) is 0 Å². The lowest BCUT2D eigenvalue weighted by atomic mass is 9.27. The number of nitrogens with one attached hydrogen (secondary N) is 2. The number of fused-ring (bicyclic) bond motifs is 4. The maximum atomic E-state index is 12.1. The summed E-state index contributed by atoms with van der Waals surface area (Å²) in [6.45, 7) is 6.36. The van der Waals surface area contributed by atoms with Crippen LogP contribution in [0.4, 0.5) is 0 Å². The molecule has 18 heavy (non-hydrogen) atoms. The summed E-state index contributed by atoms with van der Waals surface area (Å²) >= 11 is 0. The lowest BCUT2D eigenvalue weighted by Gasteiger charge is -2.67. The van der Waals surface area contributed by atoms with Gasteiger partial charge in [0.1, 0.15) is 0 Å². The molecule has 4 amide bonds. The molecule has 0 aromatic rings. The van der Waals surface area contributed by atoms with Crippen LogP contribution in [-0.2, 0) is 19.2 Å². The maximum Gasteiger partial charge on any atom is 0.234 e. The summed E-state index contributed by atoms with van der Waals surface area (Å²) in [5.74, 6) is -1.89. The highest BCUT2D eigenvalue weighted by Crippen LogP contribution is 2.81. The largest absolute Gasteiger partial charge is 0.295 e. The average Bonchev–Trinajstić information content (AvgIpc) is 2.57. The first-order valence-corrected chi connectivity index (χ1v) is 5.82. The molecule has 2 N–H and O–H groups in total. The Labute approximate surface area is 103 Å². The van der Waals surface area contributed by atoms with Crippen molar-refractivity contribution in [3.63, 3.8) is 0 Å². The Kier molecular flexibility index (Phi) is 1.50. The van der Waals surface area contributed by atoms with Crippen LogP contribution in [0, 0.1) is 21.7 Å². The predicted molar refractivity (Wildman–Crippen MR) is 58.7 cm³/mol. The van der Waals surface area contributed by atoms with Gasteiger partial charge >= 0.3 is 0 Å². The van der Waals surface area contributed by atoms with Crippen molar-refractivity contribution in [3.05, 3.63) is 0 Å². The van der Waals surface area contributed by atoms with Crippen molar-refractivity contribution in [1.29, 1.82) is 0 Å². The van der Waals surface area contributed by atoms with Gasteiger partial charge in [-0.2, -0.15) is 0 Å². The van der Waals surface area contributed by atoms with Crippen LogP contribution in [0.2, 0.25) is 0 Å². The molecular formula is C12H14N2O4. The molecule has 1 aliphatic carbocycles. The molecule has 0 radical (unpaired) electrons. The van der Waals surface area contributed by atoms with Crippen molar-refractivity contribution in [2.24, 2.45) is 21.7 Å². The first-order valence-electron chi connectivity index (χ1n) is 5.82. The molecule has 3 fully saturated rings. The van der Waals surface area contributed by atoms with Gasteiger partial charge in [0, 0.05) is 0 Å². The van der Waals surface area contributed by atoms with Gasteiger partial charge in [0.25, 0.3) is 0 Å². The number of carbonyl (C=O) groups is 4. The van der Waals surface area contributed by atoms with Gasteiger partial charge in [-0.1, -0.05) is 0 Å². The van der Waals surface area contributed by atoms with E-state index in [1.807, 2.05) is 0 Å². The zero-order valence-corrected chi connectivity index (χ0v) is 10.6. The first-order chi connectivity index (χ1) is 8.10. The van der Waals surface area contributed by atoms with E-state index in [0.717, 1.165) is 0 Å². The summed E-state index contributed by atoms with van der Waals surface area (Å²) in [6, 6.07) is 0. The molecule has 6 nitrogen and oxygen atoms in total. The van der Waals surface area contributed by atoms with Crippen LogP contribution in [0.3, 0.4) is 0 Å². The number of imide groups is 2. The fourth-order valence-corrected chi connectivity index (χ4v) is 4.46. The minimum absolute atomic E-state index is 0.472. The number of hydrogen-bond acceptors (Lipinski definition) is 4. The molecule has 2 aliphatic heterocycles. The van der Waals surface area contributed by atoms with Crippen LogP contribution in [0.15, 0.2) is 0 Å². The Hall–Kier alpha value is -1.72. The van der Waals surface area contributed by atoms with Crippen molar-refractivity contribution in [1.82, 2.24) is 10.6 Å². The van der Waals surface area contributed by atoms with Crippen LogP contribution < -0.4 is 10.6 Å². The van der Waals surface area contributed by atoms with Crippen LogP contribution in [0.1, 0.15) is 27.7 Å². The highest BCUT2D eigenvalue weighted by Gasteiger charge is 2.94. The second-order valence-corrected chi connectivity index (χ2v) is 6.07. The summed E-state index contributed by atoms with van der Waals surface area (Å²) in [6.07, 6.45) is 0. The van der Waals surface area contributed by atoms with Crippen molar-refractivity contribution in [2.45, 2.75) is 27.7 Å². The molecule has 0 bridgehead atoms. The molecule has 0 unspecified atom stereocenters. The Bertz CT molecular complexity index is 456. The summed E-state index contributed by atoms with van der Waals surface area (Å²) in [5, 5.41) is 4.54. The zero-order valence-electron chi connectivity index (χ0n) is 10.6. The zero-order chi connectivity index (χ0) is 13.7. The summed E-state index contributed by atoms with van der Waals surface area (Å²) < 4.78 is 0. The minimum Gasteiger partial charge on any atom is -0.295 e. The van der Waals surface area contributed by atoms with E-state index in [-0.39, 0.29) is 0 Å². The van der Waals surface area contributed by atoms with Gasteiger partial charge in [0.2, 0.25) is 23.6 Å². The lowest BCUT2D eigenvalue weighted by molar-refractivity contribution is -0.243. The normalized spacial score (nSPS) is 53.6. The van der Waals surface area contributed by atoms with Gasteiger partial charge in [0.15, 0.2) is 0 Å². The van der Waals surface area contributed by atoms with E-state index in [9.17, 15) is 19.2 Å². The van der Waals surface area contributed by atoms with Crippen LogP contribution >= 0.6 is 0 Å². The second kappa shape index (κ2) is 2.37. The van der Waals surface area contributed by atoms with Crippen molar-refractivity contribution < 1.29 is 19.2 Å². The maximum absolute atomic E-state index is 12.1. The van der Waals surface area contributed by atoms with Crippen molar-refractivity contribution >= 4 is 23.6 Å². The van der Waals surface area contributed by atoms with E-state index < -0.39 is 45.3 Å². The predicted octanol–water partition coefficient (Wildman–Crippen LogP) is -0.662. The quantitative estimate of drug-likeness (QED) is 0.558.